The smallest absolute Gasteiger partial charge is 0.308 e. The summed E-state index contributed by atoms with van der Waals surface area (Å²) >= 11 is 0. The number of hydrogen-bond donors (Lipinski definition) is 3. The molecule has 1 aliphatic heterocycles. The van der Waals surface area contributed by atoms with Crippen molar-refractivity contribution in [2.24, 2.45) is 11.8 Å². The summed E-state index contributed by atoms with van der Waals surface area (Å²) in [5.74, 6) is -1.54. The Morgan fingerprint density at radius 3 is 2.56 bits per heavy atom. The predicted octanol–water partition coefficient (Wildman–Crippen LogP) is -0.474. The summed E-state index contributed by atoms with van der Waals surface area (Å²) < 4.78 is 0. The highest BCUT2D eigenvalue weighted by Gasteiger charge is 2.34. The molecule has 6 nitrogen and oxygen atoms in total. The van der Waals surface area contributed by atoms with Gasteiger partial charge in [-0.2, -0.15) is 0 Å². The molecule has 0 radical (unpaired) electrons. The number of likely N-dealkylation sites (tertiary alicyclic amines) is 1. The number of rotatable bonds is 5. The summed E-state index contributed by atoms with van der Waals surface area (Å²) in [6.07, 6.45) is 0.497. The van der Waals surface area contributed by atoms with Crippen molar-refractivity contribution in [3.8, 4) is 0 Å². The van der Waals surface area contributed by atoms with Gasteiger partial charge in [0.2, 0.25) is 5.91 Å². The third-order valence-electron chi connectivity index (χ3n) is 3.15. The minimum absolute atomic E-state index is 0.00631. The number of nitrogens with zero attached hydrogens (tertiary/aromatic N) is 1. The SMILES string of the molecule is CC(C)C(=O)N1CC(NCCO)CC(C(=O)O)C1. The average molecular weight is 258 g/mol. The van der Waals surface area contributed by atoms with E-state index in [-0.39, 0.29) is 31.0 Å². The first kappa shape index (κ1) is 14.9. The Hall–Kier alpha value is -1.14. The Labute approximate surface area is 107 Å². The zero-order chi connectivity index (χ0) is 13.7. The molecular formula is C12H22N2O4. The van der Waals surface area contributed by atoms with Crippen LogP contribution in [0, 0.1) is 11.8 Å². The second-order valence-electron chi connectivity index (χ2n) is 5.04. The van der Waals surface area contributed by atoms with Gasteiger partial charge in [-0.05, 0) is 6.42 Å². The van der Waals surface area contributed by atoms with Crippen LogP contribution in [0.15, 0.2) is 0 Å². The predicted molar refractivity (Wildman–Crippen MR) is 66.0 cm³/mol. The summed E-state index contributed by atoms with van der Waals surface area (Å²) in [5, 5.41) is 21.0. The van der Waals surface area contributed by atoms with E-state index < -0.39 is 11.9 Å². The summed E-state index contributed by atoms with van der Waals surface area (Å²) in [5.41, 5.74) is 0. The normalized spacial score (nSPS) is 24.3. The van der Waals surface area contributed by atoms with Crippen LogP contribution in [0.1, 0.15) is 20.3 Å². The van der Waals surface area contributed by atoms with Gasteiger partial charge in [-0.3, -0.25) is 9.59 Å². The Kier molecular flexibility index (Phi) is 5.55. The molecule has 0 aromatic heterocycles. The lowest BCUT2D eigenvalue weighted by molar-refractivity contribution is -0.147. The molecule has 3 N–H and O–H groups in total. The van der Waals surface area contributed by atoms with Gasteiger partial charge in [-0.15, -0.1) is 0 Å². The van der Waals surface area contributed by atoms with Crippen molar-refractivity contribution >= 4 is 11.9 Å². The highest BCUT2D eigenvalue weighted by Crippen LogP contribution is 2.19. The third kappa shape index (κ3) is 3.96. The highest BCUT2D eigenvalue weighted by atomic mass is 16.4. The van der Waals surface area contributed by atoms with Crippen LogP contribution in [0.4, 0.5) is 0 Å². The molecular weight excluding hydrogens is 236 g/mol. The number of amides is 1. The van der Waals surface area contributed by atoms with Crippen molar-refractivity contribution in [2.75, 3.05) is 26.2 Å². The van der Waals surface area contributed by atoms with E-state index in [9.17, 15) is 9.59 Å². The number of nitrogens with one attached hydrogen (secondary N) is 1. The van der Waals surface area contributed by atoms with Crippen LogP contribution in [0.2, 0.25) is 0 Å². The molecule has 0 saturated carbocycles. The highest BCUT2D eigenvalue weighted by molar-refractivity contribution is 5.79. The van der Waals surface area contributed by atoms with Gasteiger partial charge in [-0.1, -0.05) is 13.8 Å². The molecule has 104 valence electrons. The van der Waals surface area contributed by atoms with Crippen LogP contribution in [0.3, 0.4) is 0 Å². The maximum atomic E-state index is 11.9. The fourth-order valence-electron chi connectivity index (χ4n) is 2.24. The van der Waals surface area contributed by atoms with Crippen LogP contribution in [0.5, 0.6) is 0 Å². The summed E-state index contributed by atoms with van der Waals surface area (Å²) in [4.78, 5) is 24.7. The standard InChI is InChI=1S/C12H22N2O4/c1-8(2)11(16)14-6-9(12(17)18)5-10(7-14)13-3-4-15/h8-10,13,15H,3-7H2,1-2H3,(H,17,18). The van der Waals surface area contributed by atoms with Crippen molar-refractivity contribution in [1.82, 2.24) is 10.2 Å². The Balaban J connectivity index is 2.67. The fourth-order valence-corrected chi connectivity index (χ4v) is 2.24. The van der Waals surface area contributed by atoms with Gasteiger partial charge >= 0.3 is 5.97 Å². The minimum Gasteiger partial charge on any atom is -0.481 e. The minimum atomic E-state index is -0.868. The lowest BCUT2D eigenvalue weighted by atomic mass is 9.93. The van der Waals surface area contributed by atoms with Gasteiger partial charge in [0, 0.05) is 31.6 Å². The topological polar surface area (TPSA) is 89.9 Å². The fraction of sp³-hybridized carbons (Fsp3) is 0.833. The first-order valence-electron chi connectivity index (χ1n) is 6.31. The second-order valence-corrected chi connectivity index (χ2v) is 5.04. The maximum Gasteiger partial charge on any atom is 0.308 e. The molecule has 6 heteroatoms. The van der Waals surface area contributed by atoms with E-state index in [2.05, 4.69) is 5.32 Å². The van der Waals surface area contributed by atoms with Gasteiger partial charge in [0.15, 0.2) is 0 Å². The van der Waals surface area contributed by atoms with E-state index in [1.807, 2.05) is 13.8 Å². The molecule has 1 amide bonds. The molecule has 0 aliphatic carbocycles. The summed E-state index contributed by atoms with van der Waals surface area (Å²) in [6, 6.07) is -0.0605. The maximum absolute atomic E-state index is 11.9. The van der Waals surface area contributed by atoms with Crippen molar-refractivity contribution in [3.63, 3.8) is 0 Å². The Morgan fingerprint density at radius 1 is 1.39 bits per heavy atom. The number of carbonyl (C=O) groups excluding carboxylic acids is 1. The summed E-state index contributed by atoms with van der Waals surface area (Å²) in [6.45, 7) is 4.84. The first-order valence-corrected chi connectivity index (χ1v) is 6.31. The van der Waals surface area contributed by atoms with E-state index >= 15 is 0 Å². The average Bonchev–Trinajstić information content (AvgIpc) is 2.34. The molecule has 0 aromatic rings. The van der Waals surface area contributed by atoms with E-state index in [0.29, 0.717) is 19.5 Å². The number of carboxylic acids is 1. The molecule has 1 rings (SSSR count). The van der Waals surface area contributed by atoms with Crippen LogP contribution >= 0.6 is 0 Å². The van der Waals surface area contributed by atoms with Gasteiger partial charge in [0.1, 0.15) is 0 Å². The molecule has 1 saturated heterocycles. The number of carboxylic acid groups (broad SMARTS) is 1. The molecule has 0 spiro atoms. The molecule has 2 atom stereocenters. The van der Waals surface area contributed by atoms with Crippen LogP contribution in [-0.4, -0.2) is 59.3 Å². The van der Waals surface area contributed by atoms with E-state index in [1.165, 1.54) is 0 Å². The molecule has 1 aliphatic rings. The van der Waals surface area contributed by atoms with E-state index in [0.717, 1.165) is 0 Å². The van der Waals surface area contributed by atoms with E-state index in [4.69, 9.17) is 10.2 Å². The number of hydrogen-bond acceptors (Lipinski definition) is 4. The van der Waals surface area contributed by atoms with Gasteiger partial charge in [-0.25, -0.2) is 0 Å². The molecule has 0 aromatic carbocycles. The number of aliphatic hydroxyl groups is 1. The Bertz CT molecular complexity index is 306. The lowest BCUT2D eigenvalue weighted by Gasteiger charge is -2.37. The molecule has 1 heterocycles. The molecule has 1 fully saturated rings. The van der Waals surface area contributed by atoms with E-state index in [1.54, 1.807) is 4.90 Å². The number of piperidine rings is 1. The quantitative estimate of drug-likeness (QED) is 0.620. The Morgan fingerprint density at radius 2 is 2.06 bits per heavy atom. The van der Waals surface area contributed by atoms with Gasteiger partial charge in [0.25, 0.3) is 0 Å². The van der Waals surface area contributed by atoms with Crippen LogP contribution in [0.25, 0.3) is 0 Å². The van der Waals surface area contributed by atoms with Crippen LogP contribution < -0.4 is 5.32 Å². The second kappa shape index (κ2) is 6.70. The largest absolute Gasteiger partial charge is 0.481 e. The molecule has 0 bridgehead atoms. The zero-order valence-corrected chi connectivity index (χ0v) is 10.9. The molecule has 18 heavy (non-hydrogen) atoms. The number of aliphatic carboxylic acids is 1. The van der Waals surface area contributed by atoms with Gasteiger partial charge < -0.3 is 20.4 Å². The van der Waals surface area contributed by atoms with Gasteiger partial charge in [0.05, 0.1) is 12.5 Å². The molecule has 2 unspecified atom stereocenters. The number of carbonyl (C=O) groups is 2. The first-order chi connectivity index (χ1) is 8.45. The lowest BCUT2D eigenvalue weighted by Crippen LogP contribution is -2.54. The third-order valence-corrected chi connectivity index (χ3v) is 3.15. The van der Waals surface area contributed by atoms with Crippen molar-refractivity contribution in [3.05, 3.63) is 0 Å². The number of aliphatic hydroxyl groups excluding tert-OH is 1. The van der Waals surface area contributed by atoms with Crippen molar-refractivity contribution in [1.29, 1.82) is 0 Å². The monoisotopic (exact) mass is 258 g/mol. The van der Waals surface area contributed by atoms with Crippen LogP contribution in [-0.2, 0) is 9.59 Å². The zero-order valence-electron chi connectivity index (χ0n) is 10.9. The van der Waals surface area contributed by atoms with Crippen molar-refractivity contribution in [2.45, 2.75) is 26.3 Å². The van der Waals surface area contributed by atoms with Crippen molar-refractivity contribution < 1.29 is 19.8 Å². The summed E-state index contributed by atoms with van der Waals surface area (Å²) in [7, 11) is 0.